The molecule has 0 aliphatic carbocycles. The molecule has 3 nitrogen and oxygen atoms in total. The van der Waals surface area contributed by atoms with Gasteiger partial charge in [-0.05, 0) is 18.2 Å². The van der Waals surface area contributed by atoms with Crippen molar-refractivity contribution in [3.05, 3.63) is 46.3 Å². The van der Waals surface area contributed by atoms with Crippen LogP contribution in [0.15, 0.2) is 30.5 Å². The van der Waals surface area contributed by atoms with Crippen molar-refractivity contribution in [3.8, 4) is 11.6 Å². The maximum atomic E-state index is 12.9. The Morgan fingerprint density at radius 3 is 2.59 bits per heavy atom. The second-order valence-electron chi connectivity index (χ2n) is 3.23. The van der Waals surface area contributed by atoms with Gasteiger partial charge in [0.15, 0.2) is 0 Å². The molecule has 2 aromatic rings. The number of nitrogen functional groups attached to an aromatic ring is 1. The van der Waals surface area contributed by atoms with Gasteiger partial charge < -0.3 is 10.5 Å². The van der Waals surface area contributed by atoms with E-state index in [4.69, 9.17) is 33.7 Å². The van der Waals surface area contributed by atoms with Crippen LogP contribution in [0.5, 0.6) is 11.6 Å². The average molecular weight is 273 g/mol. The quantitative estimate of drug-likeness (QED) is 0.902. The summed E-state index contributed by atoms with van der Waals surface area (Å²) in [5.74, 6) is 0.00879. The van der Waals surface area contributed by atoms with E-state index in [2.05, 4.69) is 4.98 Å². The van der Waals surface area contributed by atoms with Gasteiger partial charge in [-0.3, -0.25) is 0 Å². The summed E-state index contributed by atoms with van der Waals surface area (Å²) in [6.07, 6.45) is 1.41. The summed E-state index contributed by atoms with van der Waals surface area (Å²) in [4.78, 5) is 3.91. The third-order valence-corrected chi connectivity index (χ3v) is 2.49. The van der Waals surface area contributed by atoms with Crippen molar-refractivity contribution in [1.29, 1.82) is 0 Å². The zero-order valence-electron chi connectivity index (χ0n) is 8.45. The van der Waals surface area contributed by atoms with Crippen LogP contribution in [-0.4, -0.2) is 4.98 Å². The van der Waals surface area contributed by atoms with Gasteiger partial charge >= 0.3 is 0 Å². The molecule has 1 aromatic carbocycles. The Kier molecular flexibility index (Phi) is 3.36. The van der Waals surface area contributed by atoms with E-state index in [0.717, 1.165) is 0 Å². The Balaban J connectivity index is 2.28. The topological polar surface area (TPSA) is 48.1 Å². The van der Waals surface area contributed by atoms with E-state index < -0.39 is 5.82 Å². The van der Waals surface area contributed by atoms with E-state index >= 15 is 0 Å². The van der Waals surface area contributed by atoms with Crippen LogP contribution in [0.4, 0.5) is 10.1 Å². The maximum absolute atomic E-state index is 12.9. The number of anilines is 1. The molecule has 6 heteroatoms. The van der Waals surface area contributed by atoms with Gasteiger partial charge in [0, 0.05) is 6.07 Å². The van der Waals surface area contributed by atoms with Crippen LogP contribution in [0.1, 0.15) is 0 Å². The van der Waals surface area contributed by atoms with Gasteiger partial charge in [0.2, 0.25) is 5.88 Å². The molecule has 0 aliphatic rings. The van der Waals surface area contributed by atoms with Crippen molar-refractivity contribution in [1.82, 2.24) is 4.98 Å². The smallest absolute Gasteiger partial charge is 0.238 e. The zero-order chi connectivity index (χ0) is 12.4. The predicted molar refractivity (Wildman–Crippen MR) is 65.1 cm³/mol. The molecule has 2 rings (SSSR count). The fourth-order valence-electron chi connectivity index (χ4n) is 1.17. The van der Waals surface area contributed by atoms with Crippen LogP contribution in [0.25, 0.3) is 0 Å². The highest BCUT2D eigenvalue weighted by Gasteiger charge is 2.07. The third kappa shape index (κ3) is 2.78. The van der Waals surface area contributed by atoms with Gasteiger partial charge in [-0.25, -0.2) is 9.37 Å². The third-order valence-electron chi connectivity index (χ3n) is 1.93. The minimum Gasteiger partial charge on any atom is -0.437 e. The van der Waals surface area contributed by atoms with Gasteiger partial charge in [0.1, 0.15) is 16.6 Å². The molecular weight excluding hydrogens is 266 g/mol. The maximum Gasteiger partial charge on any atom is 0.238 e. The van der Waals surface area contributed by atoms with E-state index in [1.54, 1.807) is 0 Å². The van der Waals surface area contributed by atoms with E-state index in [1.165, 1.54) is 30.5 Å². The van der Waals surface area contributed by atoms with Gasteiger partial charge in [-0.2, -0.15) is 0 Å². The Morgan fingerprint density at radius 2 is 1.94 bits per heavy atom. The van der Waals surface area contributed by atoms with E-state index in [9.17, 15) is 4.39 Å². The average Bonchev–Trinajstić information content (AvgIpc) is 2.27. The van der Waals surface area contributed by atoms with Crippen LogP contribution in [-0.2, 0) is 0 Å². The molecule has 0 amide bonds. The lowest BCUT2D eigenvalue weighted by Crippen LogP contribution is -1.92. The van der Waals surface area contributed by atoms with E-state index in [1.807, 2.05) is 0 Å². The molecular formula is C11H7Cl2FN2O. The number of nitrogens with two attached hydrogens (primary N) is 1. The number of hydrogen-bond acceptors (Lipinski definition) is 3. The normalized spacial score (nSPS) is 10.3. The minimum absolute atomic E-state index is 0.0333. The summed E-state index contributed by atoms with van der Waals surface area (Å²) in [7, 11) is 0. The Bertz CT molecular complexity index is 563. The van der Waals surface area contributed by atoms with Crippen molar-refractivity contribution in [2.75, 3.05) is 5.73 Å². The largest absolute Gasteiger partial charge is 0.437 e. The lowest BCUT2D eigenvalue weighted by Gasteiger charge is -2.07. The predicted octanol–water partition coefficient (Wildman–Crippen LogP) is 3.90. The molecule has 0 spiro atoms. The van der Waals surface area contributed by atoms with E-state index in [-0.39, 0.29) is 15.9 Å². The highest BCUT2D eigenvalue weighted by atomic mass is 35.5. The van der Waals surface area contributed by atoms with Gasteiger partial charge in [-0.15, -0.1) is 0 Å². The summed E-state index contributed by atoms with van der Waals surface area (Å²) in [5, 5.41) is 0.236. The standard InChI is InChI=1S/C11H7Cl2FN2O/c12-8-4-7(1-2-10(8)14)17-11-9(13)3-6(15)5-16-11/h1-5H,15H2. The number of pyridine rings is 1. The second kappa shape index (κ2) is 4.77. The van der Waals surface area contributed by atoms with Crippen molar-refractivity contribution in [2.24, 2.45) is 0 Å². The highest BCUT2D eigenvalue weighted by molar-refractivity contribution is 6.32. The molecule has 0 fully saturated rings. The summed E-state index contributed by atoms with van der Waals surface area (Å²) in [5.41, 5.74) is 5.92. The summed E-state index contributed by atoms with van der Waals surface area (Å²) < 4.78 is 18.3. The minimum atomic E-state index is -0.518. The molecule has 0 saturated carbocycles. The Hall–Kier alpha value is -1.52. The number of hydrogen-bond donors (Lipinski definition) is 1. The number of halogens is 3. The SMILES string of the molecule is Nc1cnc(Oc2ccc(F)c(Cl)c2)c(Cl)c1. The van der Waals surface area contributed by atoms with E-state index in [0.29, 0.717) is 11.4 Å². The second-order valence-corrected chi connectivity index (χ2v) is 4.05. The Labute approximate surface area is 107 Å². The first-order valence-electron chi connectivity index (χ1n) is 4.60. The zero-order valence-corrected chi connectivity index (χ0v) is 9.97. The first-order chi connectivity index (χ1) is 8.06. The molecule has 17 heavy (non-hydrogen) atoms. The molecule has 0 radical (unpaired) electrons. The summed E-state index contributed by atoms with van der Waals surface area (Å²) in [6.45, 7) is 0. The monoisotopic (exact) mass is 272 g/mol. The number of nitrogens with zero attached hydrogens (tertiary/aromatic N) is 1. The first kappa shape index (κ1) is 12.0. The number of rotatable bonds is 2. The number of benzene rings is 1. The highest BCUT2D eigenvalue weighted by Crippen LogP contribution is 2.30. The van der Waals surface area contributed by atoms with Crippen LogP contribution in [0.2, 0.25) is 10.0 Å². The molecule has 1 heterocycles. The van der Waals surface area contributed by atoms with Crippen molar-refractivity contribution in [3.63, 3.8) is 0 Å². The molecule has 0 aliphatic heterocycles. The lowest BCUT2D eigenvalue weighted by atomic mass is 10.3. The molecule has 88 valence electrons. The van der Waals surface area contributed by atoms with Crippen molar-refractivity contribution in [2.45, 2.75) is 0 Å². The van der Waals surface area contributed by atoms with Crippen LogP contribution in [0.3, 0.4) is 0 Å². The van der Waals surface area contributed by atoms with Gasteiger partial charge in [-0.1, -0.05) is 23.2 Å². The Morgan fingerprint density at radius 1 is 1.18 bits per heavy atom. The molecule has 0 unspecified atom stereocenters. The fraction of sp³-hybridized carbons (Fsp3) is 0. The van der Waals surface area contributed by atoms with Gasteiger partial charge in [0.05, 0.1) is 16.9 Å². The number of ether oxygens (including phenoxy) is 1. The summed E-state index contributed by atoms with van der Waals surface area (Å²) >= 11 is 11.5. The molecule has 0 atom stereocenters. The summed E-state index contributed by atoms with van der Waals surface area (Å²) in [6, 6.07) is 5.47. The van der Waals surface area contributed by atoms with Crippen LogP contribution < -0.4 is 10.5 Å². The van der Waals surface area contributed by atoms with Crippen molar-refractivity contribution < 1.29 is 9.13 Å². The lowest BCUT2D eigenvalue weighted by molar-refractivity contribution is 0.462. The molecule has 2 N–H and O–H groups in total. The molecule has 0 bridgehead atoms. The number of aromatic nitrogens is 1. The van der Waals surface area contributed by atoms with Gasteiger partial charge in [0.25, 0.3) is 0 Å². The molecule has 1 aromatic heterocycles. The first-order valence-corrected chi connectivity index (χ1v) is 5.36. The molecule has 0 saturated heterocycles. The van der Waals surface area contributed by atoms with Crippen LogP contribution >= 0.6 is 23.2 Å². The van der Waals surface area contributed by atoms with Crippen LogP contribution in [0, 0.1) is 5.82 Å². The van der Waals surface area contributed by atoms with Crippen molar-refractivity contribution >= 4 is 28.9 Å². The fourth-order valence-corrected chi connectivity index (χ4v) is 1.55.